The van der Waals surface area contributed by atoms with E-state index in [9.17, 15) is 16.8 Å². The van der Waals surface area contributed by atoms with Crippen LogP contribution in [0, 0.1) is 3.57 Å². The number of aromatic amines is 1. The predicted octanol–water partition coefficient (Wildman–Crippen LogP) is 3.81. The molecule has 0 bridgehead atoms. The highest BCUT2D eigenvalue weighted by molar-refractivity contribution is 14.1. The fourth-order valence-corrected chi connectivity index (χ4v) is 7.96. The summed E-state index contributed by atoms with van der Waals surface area (Å²) in [7, 11) is -0.244. The first-order valence-electron chi connectivity index (χ1n) is 10.8. The molecule has 3 aromatic carbocycles. The van der Waals surface area contributed by atoms with Crippen LogP contribution < -0.4 is 9.47 Å². The van der Waals surface area contributed by atoms with E-state index >= 15 is 0 Å². The molecule has 0 amide bonds. The van der Waals surface area contributed by atoms with E-state index in [4.69, 9.17) is 20.2 Å². The average Bonchev–Trinajstić information content (AvgIpc) is 3.43. The van der Waals surface area contributed by atoms with Gasteiger partial charge in [0.05, 0.1) is 19.8 Å². The summed E-state index contributed by atoms with van der Waals surface area (Å²) in [5.41, 5.74) is 1.25. The van der Waals surface area contributed by atoms with Crippen molar-refractivity contribution >= 4 is 52.3 Å². The molecule has 0 unspecified atom stereocenters. The van der Waals surface area contributed by atoms with Crippen LogP contribution in [0.5, 0.6) is 11.5 Å². The lowest BCUT2D eigenvalue weighted by molar-refractivity contribution is 0.396. The zero-order valence-electron chi connectivity index (χ0n) is 20.0. The van der Waals surface area contributed by atoms with Gasteiger partial charge in [-0.25, -0.2) is 16.8 Å². The van der Waals surface area contributed by atoms with Crippen LogP contribution >= 0.6 is 33.3 Å². The molecule has 0 saturated heterocycles. The third-order valence-electron chi connectivity index (χ3n) is 5.54. The van der Waals surface area contributed by atoms with Crippen molar-refractivity contribution in [1.82, 2.24) is 24.9 Å². The van der Waals surface area contributed by atoms with Crippen molar-refractivity contribution in [2.24, 2.45) is 0 Å². The molecule has 15 heteroatoms. The molecule has 0 spiro atoms. The van der Waals surface area contributed by atoms with E-state index < -0.39 is 28.9 Å². The number of nitrogens with zero attached hydrogens (tertiary/aromatic N) is 4. The molecule has 0 aliphatic carbocycles. The fourth-order valence-electron chi connectivity index (χ4n) is 3.69. The number of H-pyrrole nitrogens is 1. The molecule has 38 heavy (non-hydrogen) atoms. The molecule has 0 aliphatic heterocycles. The van der Waals surface area contributed by atoms with Gasteiger partial charge in [0.25, 0.3) is 9.05 Å². The van der Waals surface area contributed by atoms with E-state index in [1.165, 1.54) is 20.3 Å². The minimum absolute atomic E-state index is 0.0319. The van der Waals surface area contributed by atoms with Gasteiger partial charge in [0, 0.05) is 27.3 Å². The molecular formula is C23H21ClIN5O6S2. The van der Waals surface area contributed by atoms with Crippen LogP contribution in [-0.4, -0.2) is 56.0 Å². The van der Waals surface area contributed by atoms with Crippen LogP contribution in [0.3, 0.4) is 0 Å². The summed E-state index contributed by atoms with van der Waals surface area (Å²) >= 11 is 1.89. The molecule has 0 aliphatic rings. The smallest absolute Gasteiger partial charge is 0.262 e. The number of tetrazole rings is 1. The Morgan fingerprint density at radius 2 is 1.39 bits per heavy atom. The Hall–Kier alpha value is -2.79. The Morgan fingerprint density at radius 1 is 0.868 bits per heavy atom. The molecule has 0 radical (unpaired) electrons. The summed E-state index contributed by atoms with van der Waals surface area (Å²) in [5.74, 6) is 1.11. The van der Waals surface area contributed by atoms with Crippen molar-refractivity contribution in [2.75, 3.05) is 14.2 Å². The number of halogens is 2. The minimum Gasteiger partial charge on any atom is -0.497 e. The molecule has 1 aromatic heterocycles. The van der Waals surface area contributed by atoms with Gasteiger partial charge in [-0.05, 0) is 75.3 Å². The molecule has 0 fully saturated rings. The van der Waals surface area contributed by atoms with E-state index in [1.807, 2.05) is 22.6 Å². The Balaban J connectivity index is 1.92. The summed E-state index contributed by atoms with van der Waals surface area (Å²) in [6, 6.07) is 16.3. The number of ether oxygens (including phenoxy) is 2. The number of nitrogens with one attached hydrogen (secondary N) is 1. The van der Waals surface area contributed by atoms with E-state index in [2.05, 4.69) is 20.6 Å². The van der Waals surface area contributed by atoms with Gasteiger partial charge < -0.3 is 9.47 Å². The summed E-state index contributed by atoms with van der Waals surface area (Å²) < 4.78 is 65.9. The number of benzene rings is 3. The number of sulfonamides is 1. The lowest BCUT2D eigenvalue weighted by Crippen LogP contribution is -2.32. The van der Waals surface area contributed by atoms with Crippen molar-refractivity contribution in [3.63, 3.8) is 0 Å². The predicted molar refractivity (Wildman–Crippen MR) is 148 cm³/mol. The van der Waals surface area contributed by atoms with Crippen LogP contribution in [0.4, 0.5) is 0 Å². The van der Waals surface area contributed by atoms with Crippen LogP contribution in [0.2, 0.25) is 0 Å². The van der Waals surface area contributed by atoms with Gasteiger partial charge in [-0.15, -0.1) is 10.2 Å². The maximum atomic E-state index is 14.4. The summed E-state index contributed by atoms with van der Waals surface area (Å²) in [5, 5.41) is 13.6. The zero-order chi connectivity index (χ0) is 27.5. The first-order valence-corrected chi connectivity index (χ1v) is 15.6. The second-order valence-electron chi connectivity index (χ2n) is 7.89. The molecule has 0 atom stereocenters. The Labute approximate surface area is 237 Å². The van der Waals surface area contributed by atoms with Gasteiger partial charge in [0.15, 0.2) is 0 Å². The molecule has 0 saturated carbocycles. The van der Waals surface area contributed by atoms with Gasteiger partial charge in [-0.3, -0.25) is 0 Å². The fraction of sp³-hybridized carbons (Fsp3) is 0.174. The lowest BCUT2D eigenvalue weighted by atomic mass is 10.2. The number of methoxy groups -OCH3 is 2. The number of hydrogen-bond donors (Lipinski definition) is 1. The minimum atomic E-state index is -4.54. The first kappa shape index (κ1) is 28.2. The van der Waals surface area contributed by atoms with Crippen molar-refractivity contribution in [3.05, 3.63) is 75.4 Å². The van der Waals surface area contributed by atoms with Gasteiger partial charge in [0.2, 0.25) is 15.8 Å². The van der Waals surface area contributed by atoms with Gasteiger partial charge in [-0.1, -0.05) is 24.3 Å². The maximum absolute atomic E-state index is 14.4. The number of rotatable bonds is 10. The Bertz CT molecular complexity index is 1580. The maximum Gasteiger partial charge on any atom is 0.262 e. The van der Waals surface area contributed by atoms with Crippen LogP contribution in [0.1, 0.15) is 11.1 Å². The molecule has 4 rings (SSSR count). The molecule has 11 nitrogen and oxygen atoms in total. The largest absolute Gasteiger partial charge is 0.497 e. The average molecular weight is 690 g/mol. The summed E-state index contributed by atoms with van der Waals surface area (Å²) in [6.45, 7) is -0.172. The molecule has 1 N–H and O–H groups in total. The second kappa shape index (κ2) is 11.5. The van der Waals surface area contributed by atoms with Gasteiger partial charge >= 0.3 is 0 Å². The standard InChI is InChI=1S/C23H21ClIN5O6S2/c1-35-17-7-3-15(4-8-17)13-30(14-16-5-9-18(36-2)10-6-16)38(33,34)22-20(37(24,31)32)12-11-19(25)21(22)23-26-28-29-27-23/h3-12H,13-14H2,1-2H3,(H,26,27,28,29). The Morgan fingerprint density at radius 3 is 1.82 bits per heavy atom. The SMILES string of the molecule is COc1ccc(CN(Cc2ccc(OC)cc2)S(=O)(=O)c2c(S(=O)(=O)Cl)ccc(I)c2-c2nn[nH]n2)cc1. The highest BCUT2D eigenvalue weighted by Gasteiger charge is 2.36. The quantitative estimate of drug-likeness (QED) is 0.194. The number of aromatic nitrogens is 4. The van der Waals surface area contributed by atoms with Gasteiger partial charge in [0.1, 0.15) is 21.3 Å². The highest BCUT2D eigenvalue weighted by atomic mass is 127. The van der Waals surface area contributed by atoms with Crippen LogP contribution in [0.15, 0.2) is 70.5 Å². The second-order valence-corrected chi connectivity index (χ2v) is 13.5. The number of hydrogen-bond acceptors (Lipinski definition) is 9. The normalized spacial score (nSPS) is 12.0. The van der Waals surface area contributed by atoms with Crippen molar-refractivity contribution < 1.29 is 26.3 Å². The lowest BCUT2D eigenvalue weighted by Gasteiger charge is -2.25. The van der Waals surface area contributed by atoms with E-state index in [-0.39, 0.29) is 24.5 Å². The molecule has 4 aromatic rings. The first-order chi connectivity index (χ1) is 18.0. The third-order valence-corrected chi connectivity index (χ3v) is 9.81. The summed E-state index contributed by atoms with van der Waals surface area (Å²) in [4.78, 5) is -1.13. The van der Waals surface area contributed by atoms with Gasteiger partial charge in [-0.2, -0.15) is 9.52 Å². The third kappa shape index (κ3) is 6.09. The topological polar surface area (TPSA) is 144 Å². The highest BCUT2D eigenvalue weighted by Crippen LogP contribution is 2.38. The van der Waals surface area contributed by atoms with E-state index in [1.54, 1.807) is 48.5 Å². The van der Waals surface area contributed by atoms with Crippen molar-refractivity contribution in [3.8, 4) is 22.9 Å². The zero-order valence-corrected chi connectivity index (χ0v) is 24.5. The Kier molecular flexibility index (Phi) is 8.56. The monoisotopic (exact) mass is 689 g/mol. The van der Waals surface area contributed by atoms with Crippen LogP contribution in [0.25, 0.3) is 11.4 Å². The molecular weight excluding hydrogens is 669 g/mol. The van der Waals surface area contributed by atoms with E-state index in [0.29, 0.717) is 26.2 Å². The van der Waals surface area contributed by atoms with E-state index in [0.717, 1.165) is 10.4 Å². The van der Waals surface area contributed by atoms with Crippen LogP contribution in [-0.2, 0) is 32.2 Å². The molecule has 1 heterocycles. The summed E-state index contributed by atoms with van der Waals surface area (Å²) in [6.07, 6.45) is 0. The van der Waals surface area contributed by atoms with Crippen molar-refractivity contribution in [2.45, 2.75) is 22.9 Å². The molecule has 200 valence electrons. The van der Waals surface area contributed by atoms with Crippen molar-refractivity contribution in [1.29, 1.82) is 0 Å².